The number of halogens is 6. The van der Waals surface area contributed by atoms with Crippen LogP contribution < -0.4 is 49.7 Å². The average molecular weight is 1000 g/mol. The van der Waals surface area contributed by atoms with Crippen LogP contribution in [0.4, 0.5) is 43.8 Å². The number of benzene rings is 3. The predicted molar refractivity (Wildman–Crippen MR) is 258 cm³/mol. The summed E-state index contributed by atoms with van der Waals surface area (Å²) in [5, 5.41) is 9.23. The van der Waals surface area contributed by atoms with Crippen LogP contribution in [0.25, 0.3) is 0 Å². The number of fused-ring (bicyclic) bond motifs is 3. The Kier molecular flexibility index (Phi) is 13.6. The molecule has 0 bridgehead atoms. The van der Waals surface area contributed by atoms with E-state index in [1.807, 2.05) is 20.8 Å². The molecule has 380 valence electrons. The summed E-state index contributed by atoms with van der Waals surface area (Å²) in [6.45, 7) is 6.10. The minimum atomic E-state index is -0.916. The number of nitrogens with one attached hydrogen (secondary N) is 6. The van der Waals surface area contributed by atoms with E-state index in [2.05, 4.69) is 30.9 Å². The zero-order chi connectivity index (χ0) is 51.3. The van der Waals surface area contributed by atoms with Gasteiger partial charge in [-0.15, -0.1) is 0 Å². The van der Waals surface area contributed by atoms with Gasteiger partial charge in [-0.3, -0.25) is 43.0 Å². The predicted octanol–water partition coefficient (Wildman–Crippen LogP) is 7.63. The Morgan fingerprint density at radius 2 is 0.944 bits per heavy atom. The molecule has 2 fully saturated rings. The van der Waals surface area contributed by atoms with Crippen molar-refractivity contribution >= 4 is 17.5 Å². The Morgan fingerprint density at radius 3 is 1.35 bits per heavy atom. The van der Waals surface area contributed by atoms with Crippen molar-refractivity contribution in [2.24, 2.45) is 5.92 Å². The molecule has 5 aliphatic rings. The van der Waals surface area contributed by atoms with Crippen molar-refractivity contribution in [3.05, 3.63) is 185 Å². The molecule has 0 spiro atoms. The monoisotopic (exact) mass is 1000 g/mol. The molecule has 72 heavy (non-hydrogen) atoms. The third-order valence-corrected chi connectivity index (χ3v) is 14.4. The molecule has 2 aliphatic carbocycles. The number of rotatable bonds is 8. The lowest BCUT2D eigenvalue weighted by atomic mass is 9.95. The minimum absolute atomic E-state index is 0.185. The van der Waals surface area contributed by atoms with Gasteiger partial charge in [-0.25, -0.2) is 40.7 Å². The Bertz CT molecular complexity index is 3470. The third-order valence-electron chi connectivity index (χ3n) is 14.4. The molecule has 6 N–H and O–H groups in total. The van der Waals surface area contributed by atoms with Crippen molar-refractivity contribution < 1.29 is 26.3 Å². The van der Waals surface area contributed by atoms with Crippen LogP contribution in [-0.4, -0.2) is 28.7 Å². The second kappa shape index (κ2) is 19.7. The number of anilines is 3. The van der Waals surface area contributed by atoms with E-state index in [0.29, 0.717) is 108 Å². The standard InChI is InChI=1S/2C17H17F2N3O2.C17H19F2N3O2/c1-17(6-7-17)22-15(23)10-3-5-13(20-14(10)21-16(22)24)9-2-4-11(18)12(19)8-9;18-12-5-3-10(7-13(12)19)14-6-4-11-15(20-14)21-17(24)22(16(11)23)8-9-1-2-9;1-3-9(2)22-16(23)11-5-7-14(20-15(11)21-17(22)24)10-4-6-12(18)13(19)8-10/h2,4,8,13,20H,3,5-7H2,1H3,(H,21,24);3,5,7,9,14,20H,1-2,4,6,8H2,(H,21,24);4,6,8-9,14,20H,3,5,7H2,1-2H3,(H,21,24)/t13-;14-;9-,14-/m111/s1. The van der Waals surface area contributed by atoms with Gasteiger partial charge >= 0.3 is 17.1 Å². The number of nitrogens with zero attached hydrogens (tertiary/aromatic N) is 3. The number of aromatic amines is 3. The van der Waals surface area contributed by atoms with Crippen molar-refractivity contribution in [1.82, 2.24) is 28.7 Å². The van der Waals surface area contributed by atoms with Crippen LogP contribution in [-0.2, 0) is 31.3 Å². The summed E-state index contributed by atoms with van der Waals surface area (Å²) in [6.07, 6.45) is 7.52. The summed E-state index contributed by atoms with van der Waals surface area (Å²) in [4.78, 5) is 82.6. The first kappa shape index (κ1) is 49.7. The Morgan fingerprint density at radius 1 is 0.542 bits per heavy atom. The van der Waals surface area contributed by atoms with Crippen LogP contribution in [0.5, 0.6) is 0 Å². The third kappa shape index (κ3) is 9.97. The lowest BCUT2D eigenvalue weighted by Crippen LogP contribution is -2.44. The highest BCUT2D eigenvalue weighted by Gasteiger charge is 2.43. The molecular weight excluding hydrogens is 949 g/mol. The molecule has 11 rings (SSSR count). The van der Waals surface area contributed by atoms with E-state index < -0.39 is 52.0 Å². The molecule has 2 saturated carbocycles. The first-order valence-corrected chi connectivity index (χ1v) is 24.1. The summed E-state index contributed by atoms with van der Waals surface area (Å²) in [5.74, 6) is -3.88. The van der Waals surface area contributed by atoms with E-state index in [-0.39, 0.29) is 46.4 Å². The molecule has 4 atom stereocenters. The van der Waals surface area contributed by atoms with Crippen LogP contribution in [0.3, 0.4) is 0 Å². The quantitative estimate of drug-likeness (QED) is 0.0830. The summed E-state index contributed by atoms with van der Waals surface area (Å²) in [7, 11) is 0. The fraction of sp³-hybridized carbons (Fsp3) is 0.412. The van der Waals surface area contributed by atoms with Gasteiger partial charge in [0.1, 0.15) is 17.5 Å². The highest BCUT2D eigenvalue weighted by Crippen LogP contribution is 2.41. The highest BCUT2D eigenvalue weighted by molar-refractivity contribution is 5.50. The summed E-state index contributed by atoms with van der Waals surface area (Å²) >= 11 is 0. The SMILES string of the molecule is CC1(n2c(=O)[nH]c3c(c2=O)CC[C@H](c2ccc(F)c(F)c2)N3)CC1.CC[C@@H](C)n1c(=O)[nH]c2c(c1=O)CC[C@H](c1ccc(F)c(F)c1)N2.O=c1[nH]c2c(c(=O)n1CC1CC1)CC[C@H](c1ccc(F)c(F)c1)N2. The minimum Gasteiger partial charge on any atom is -0.364 e. The number of aromatic nitrogens is 6. The molecule has 3 aliphatic heterocycles. The molecule has 0 unspecified atom stereocenters. The molecule has 3 aromatic heterocycles. The van der Waals surface area contributed by atoms with Crippen LogP contribution in [0.1, 0.15) is 130 Å². The molecule has 21 heteroatoms. The van der Waals surface area contributed by atoms with Crippen LogP contribution in [0, 0.1) is 40.8 Å². The van der Waals surface area contributed by atoms with Crippen molar-refractivity contribution in [2.75, 3.05) is 16.0 Å². The van der Waals surface area contributed by atoms with Gasteiger partial charge in [0.2, 0.25) is 0 Å². The maximum Gasteiger partial charge on any atom is 0.330 e. The zero-order valence-corrected chi connectivity index (χ0v) is 39.6. The van der Waals surface area contributed by atoms with Gasteiger partial charge in [-0.2, -0.15) is 0 Å². The summed E-state index contributed by atoms with van der Waals surface area (Å²) in [6, 6.07) is 10.1. The van der Waals surface area contributed by atoms with Gasteiger partial charge < -0.3 is 16.0 Å². The van der Waals surface area contributed by atoms with Gasteiger partial charge in [-0.05, 0) is 143 Å². The number of hydrogen-bond donors (Lipinski definition) is 6. The van der Waals surface area contributed by atoms with Crippen molar-refractivity contribution in [1.29, 1.82) is 0 Å². The molecule has 0 saturated heterocycles. The Labute approximate surface area is 406 Å². The number of hydrogen-bond acceptors (Lipinski definition) is 9. The van der Waals surface area contributed by atoms with Gasteiger partial charge in [0.05, 0.1) is 40.4 Å². The van der Waals surface area contributed by atoms with E-state index in [9.17, 15) is 55.1 Å². The lowest BCUT2D eigenvalue weighted by molar-refractivity contribution is 0.476. The summed E-state index contributed by atoms with van der Waals surface area (Å²) < 4.78 is 83.3. The molecule has 6 aromatic rings. The maximum atomic E-state index is 13.4. The Balaban J connectivity index is 0.000000133. The van der Waals surface area contributed by atoms with E-state index in [0.717, 1.165) is 62.1 Å². The van der Waals surface area contributed by atoms with Gasteiger partial charge in [0, 0.05) is 12.6 Å². The van der Waals surface area contributed by atoms with E-state index in [1.54, 1.807) is 0 Å². The zero-order valence-electron chi connectivity index (χ0n) is 39.6. The van der Waals surface area contributed by atoms with Crippen LogP contribution in [0.15, 0.2) is 83.4 Å². The van der Waals surface area contributed by atoms with Crippen LogP contribution in [0.2, 0.25) is 0 Å². The molecule has 3 aromatic carbocycles. The fourth-order valence-electron chi connectivity index (χ4n) is 9.58. The van der Waals surface area contributed by atoms with Crippen molar-refractivity contribution in [3.8, 4) is 0 Å². The van der Waals surface area contributed by atoms with Crippen molar-refractivity contribution in [2.45, 2.75) is 128 Å². The van der Waals surface area contributed by atoms with Crippen molar-refractivity contribution in [3.63, 3.8) is 0 Å². The fourth-order valence-corrected chi connectivity index (χ4v) is 9.58. The normalized spacial score (nSPS) is 19.5. The van der Waals surface area contributed by atoms with Gasteiger partial charge in [0.25, 0.3) is 16.7 Å². The lowest BCUT2D eigenvalue weighted by Gasteiger charge is -2.27. The molecule has 0 amide bonds. The first-order valence-electron chi connectivity index (χ1n) is 24.1. The van der Waals surface area contributed by atoms with Crippen LogP contribution >= 0.6 is 0 Å². The molecule has 0 radical (unpaired) electrons. The second-order valence-corrected chi connectivity index (χ2v) is 19.5. The second-order valence-electron chi connectivity index (χ2n) is 19.5. The van der Waals surface area contributed by atoms with E-state index in [4.69, 9.17) is 0 Å². The maximum absolute atomic E-state index is 13.4. The van der Waals surface area contributed by atoms with Gasteiger partial charge in [-0.1, -0.05) is 25.1 Å². The Hall–Kier alpha value is -7.32. The topological polar surface area (TPSA) is 201 Å². The average Bonchev–Trinajstić information content (AvgIpc) is 4.31. The number of H-pyrrole nitrogens is 3. The van der Waals surface area contributed by atoms with Gasteiger partial charge in [0.15, 0.2) is 34.9 Å². The highest BCUT2D eigenvalue weighted by atomic mass is 19.2. The molecular formula is C51H53F6N9O6. The first-order chi connectivity index (χ1) is 34.3. The molecule has 6 heterocycles. The largest absolute Gasteiger partial charge is 0.364 e. The van der Waals surface area contributed by atoms with E-state index in [1.165, 1.54) is 31.9 Å². The smallest absolute Gasteiger partial charge is 0.330 e. The summed E-state index contributed by atoms with van der Waals surface area (Å²) in [5.41, 5.74) is 0.850. The van der Waals surface area contributed by atoms with E-state index >= 15 is 0 Å². The molecule has 15 nitrogen and oxygen atoms in total.